The van der Waals surface area contributed by atoms with E-state index in [4.69, 9.17) is 12.2 Å². The van der Waals surface area contributed by atoms with E-state index in [1.54, 1.807) is 0 Å². The summed E-state index contributed by atoms with van der Waals surface area (Å²) in [6.45, 7) is 2.73. The zero-order valence-electron chi connectivity index (χ0n) is 10.4. The minimum absolute atomic E-state index is 0.234. The molecule has 0 N–H and O–H groups in total. The molecule has 2 rings (SSSR count). The van der Waals surface area contributed by atoms with Gasteiger partial charge in [-0.15, -0.1) is 0 Å². The molecule has 1 unspecified atom stereocenters. The first-order valence-electron chi connectivity index (χ1n) is 6.06. The summed E-state index contributed by atoms with van der Waals surface area (Å²) in [5.74, 6) is -5.88. The molecule has 0 bridgehead atoms. The Labute approximate surface area is 114 Å². The second-order valence-electron chi connectivity index (χ2n) is 4.56. The number of benzene rings is 1. The van der Waals surface area contributed by atoms with Gasteiger partial charge in [-0.05, 0) is 12.8 Å². The molecule has 0 aliphatic carbocycles. The van der Waals surface area contributed by atoms with E-state index < -0.39 is 34.8 Å². The molecule has 1 heterocycles. The third-order valence-electron chi connectivity index (χ3n) is 3.40. The molecule has 1 fully saturated rings. The minimum Gasteiger partial charge on any atom is -0.366 e. The second-order valence-corrected chi connectivity index (χ2v) is 5.03. The van der Waals surface area contributed by atoms with Crippen LogP contribution in [-0.4, -0.2) is 23.0 Å². The standard InChI is InChI=1S/C13H13F4NS/c1-2-10(19)18-4-3-7(6-18)11-12(16)8(14)5-9(15)13(11)17/h5,7H,2-4,6H2,1H3. The monoisotopic (exact) mass is 291 g/mol. The van der Waals surface area contributed by atoms with E-state index in [0.717, 1.165) is 0 Å². The van der Waals surface area contributed by atoms with Crippen LogP contribution in [0.3, 0.4) is 0 Å². The Kier molecular flexibility index (Phi) is 4.08. The highest BCUT2D eigenvalue weighted by molar-refractivity contribution is 7.80. The number of nitrogens with zero attached hydrogens (tertiary/aromatic N) is 1. The molecule has 1 aliphatic rings. The van der Waals surface area contributed by atoms with Crippen LogP contribution in [0, 0.1) is 23.3 Å². The van der Waals surface area contributed by atoms with E-state index in [1.165, 1.54) is 0 Å². The van der Waals surface area contributed by atoms with Crippen LogP contribution in [0.25, 0.3) is 0 Å². The lowest BCUT2D eigenvalue weighted by atomic mass is 9.96. The highest BCUT2D eigenvalue weighted by Gasteiger charge is 2.32. The van der Waals surface area contributed by atoms with Gasteiger partial charge in [-0.2, -0.15) is 0 Å². The van der Waals surface area contributed by atoms with Gasteiger partial charge >= 0.3 is 0 Å². The number of hydrogen-bond acceptors (Lipinski definition) is 1. The molecule has 6 heteroatoms. The van der Waals surface area contributed by atoms with Crippen LogP contribution in [-0.2, 0) is 0 Å². The highest BCUT2D eigenvalue weighted by atomic mass is 32.1. The largest absolute Gasteiger partial charge is 0.366 e. The number of thiocarbonyl (C=S) groups is 1. The van der Waals surface area contributed by atoms with Crippen molar-refractivity contribution in [1.82, 2.24) is 4.90 Å². The Bertz CT molecular complexity index is 492. The summed E-state index contributed by atoms with van der Waals surface area (Å²) in [6.07, 6.45) is 1.08. The van der Waals surface area contributed by atoms with Gasteiger partial charge in [-0.1, -0.05) is 19.1 Å². The van der Waals surface area contributed by atoms with Gasteiger partial charge in [0.25, 0.3) is 0 Å². The molecule has 1 atom stereocenters. The molecule has 1 nitrogen and oxygen atoms in total. The van der Waals surface area contributed by atoms with Crippen molar-refractivity contribution in [1.29, 1.82) is 0 Å². The fourth-order valence-electron chi connectivity index (χ4n) is 2.40. The third kappa shape index (κ3) is 2.59. The highest BCUT2D eigenvalue weighted by Crippen LogP contribution is 2.33. The summed E-state index contributed by atoms with van der Waals surface area (Å²) in [7, 11) is 0. The summed E-state index contributed by atoms with van der Waals surface area (Å²) in [5.41, 5.74) is -0.501. The van der Waals surface area contributed by atoms with E-state index >= 15 is 0 Å². The smallest absolute Gasteiger partial charge is 0.165 e. The van der Waals surface area contributed by atoms with Crippen molar-refractivity contribution >= 4 is 17.2 Å². The summed E-state index contributed by atoms with van der Waals surface area (Å²) in [4.78, 5) is 2.52. The van der Waals surface area contributed by atoms with E-state index in [1.807, 2.05) is 11.8 Å². The molecule has 0 amide bonds. The number of halogens is 4. The third-order valence-corrected chi connectivity index (χ3v) is 3.94. The Morgan fingerprint density at radius 3 is 2.37 bits per heavy atom. The topological polar surface area (TPSA) is 3.24 Å². The van der Waals surface area contributed by atoms with E-state index in [9.17, 15) is 17.6 Å². The summed E-state index contributed by atoms with van der Waals surface area (Å²) in [5, 5.41) is 0. The zero-order chi connectivity index (χ0) is 14.2. The molecular formula is C13H13F4NS. The number of hydrogen-bond donors (Lipinski definition) is 0. The number of rotatable bonds is 2. The minimum atomic E-state index is -1.36. The normalized spacial score (nSPS) is 19.0. The molecular weight excluding hydrogens is 278 g/mol. The molecule has 1 aromatic carbocycles. The van der Waals surface area contributed by atoms with Gasteiger partial charge in [0.15, 0.2) is 23.3 Å². The molecule has 1 aliphatic heterocycles. The van der Waals surface area contributed by atoms with Crippen molar-refractivity contribution in [2.24, 2.45) is 0 Å². The molecule has 104 valence electrons. The van der Waals surface area contributed by atoms with Crippen LogP contribution in [0.15, 0.2) is 6.07 Å². The lowest BCUT2D eigenvalue weighted by molar-refractivity contribution is 0.424. The van der Waals surface area contributed by atoms with Crippen molar-refractivity contribution in [3.05, 3.63) is 34.9 Å². The summed E-state index contributed by atoms with van der Waals surface area (Å²) >= 11 is 5.13. The summed E-state index contributed by atoms with van der Waals surface area (Å²) < 4.78 is 53.7. The first-order valence-corrected chi connectivity index (χ1v) is 6.47. The van der Waals surface area contributed by atoms with Crippen LogP contribution in [0.4, 0.5) is 17.6 Å². The lowest BCUT2D eigenvalue weighted by Gasteiger charge is -2.19. The Hall–Kier alpha value is -1.17. The Balaban J connectivity index is 2.32. The zero-order valence-corrected chi connectivity index (χ0v) is 11.2. The van der Waals surface area contributed by atoms with Gasteiger partial charge < -0.3 is 4.90 Å². The van der Waals surface area contributed by atoms with Crippen LogP contribution < -0.4 is 0 Å². The predicted octanol–water partition coefficient (Wildman–Crippen LogP) is 3.77. The maximum atomic E-state index is 13.7. The van der Waals surface area contributed by atoms with E-state index in [-0.39, 0.29) is 6.07 Å². The maximum Gasteiger partial charge on any atom is 0.165 e. The maximum absolute atomic E-state index is 13.7. The number of likely N-dealkylation sites (tertiary alicyclic amines) is 1. The predicted molar refractivity (Wildman–Crippen MR) is 68.1 cm³/mol. The first-order chi connectivity index (χ1) is 8.95. The van der Waals surface area contributed by atoms with Crippen molar-refractivity contribution < 1.29 is 17.6 Å². The van der Waals surface area contributed by atoms with Crippen molar-refractivity contribution in [2.75, 3.05) is 13.1 Å². The van der Waals surface area contributed by atoms with Crippen molar-refractivity contribution in [2.45, 2.75) is 25.7 Å². The fourth-order valence-corrected chi connectivity index (χ4v) is 2.56. The SMILES string of the molecule is CCC(=S)N1CCC(c2c(F)c(F)cc(F)c2F)C1. The molecule has 0 saturated carbocycles. The Morgan fingerprint density at radius 2 is 1.84 bits per heavy atom. The average Bonchev–Trinajstić information content (AvgIpc) is 2.85. The lowest BCUT2D eigenvalue weighted by Crippen LogP contribution is -2.26. The van der Waals surface area contributed by atoms with E-state index in [2.05, 4.69) is 0 Å². The van der Waals surface area contributed by atoms with Gasteiger partial charge in [0.05, 0.1) is 4.99 Å². The van der Waals surface area contributed by atoms with Crippen LogP contribution in [0.1, 0.15) is 31.2 Å². The molecule has 0 radical (unpaired) electrons. The van der Waals surface area contributed by atoms with Crippen molar-refractivity contribution in [3.63, 3.8) is 0 Å². The van der Waals surface area contributed by atoms with Gasteiger partial charge in [-0.3, -0.25) is 0 Å². The summed E-state index contributed by atoms with van der Waals surface area (Å²) in [6, 6.07) is 0.234. The van der Waals surface area contributed by atoms with Gasteiger partial charge in [0.2, 0.25) is 0 Å². The van der Waals surface area contributed by atoms with Crippen LogP contribution in [0.5, 0.6) is 0 Å². The van der Waals surface area contributed by atoms with Crippen LogP contribution in [0.2, 0.25) is 0 Å². The quantitative estimate of drug-likeness (QED) is 0.463. The molecule has 19 heavy (non-hydrogen) atoms. The molecule has 0 aromatic heterocycles. The van der Waals surface area contributed by atoms with Gasteiger partial charge in [0, 0.05) is 30.6 Å². The molecule has 1 saturated heterocycles. The van der Waals surface area contributed by atoms with E-state index in [0.29, 0.717) is 30.9 Å². The first kappa shape index (κ1) is 14.2. The van der Waals surface area contributed by atoms with Crippen LogP contribution >= 0.6 is 12.2 Å². The van der Waals surface area contributed by atoms with Crippen molar-refractivity contribution in [3.8, 4) is 0 Å². The Morgan fingerprint density at radius 1 is 1.26 bits per heavy atom. The second kappa shape index (κ2) is 5.45. The average molecular weight is 291 g/mol. The molecule has 0 spiro atoms. The van der Waals surface area contributed by atoms with Gasteiger partial charge in [0.1, 0.15) is 0 Å². The van der Waals surface area contributed by atoms with Gasteiger partial charge in [-0.25, -0.2) is 17.6 Å². The fraction of sp³-hybridized carbons (Fsp3) is 0.462. The molecule has 1 aromatic rings.